The summed E-state index contributed by atoms with van der Waals surface area (Å²) in [5, 5.41) is 5.09. The van der Waals surface area contributed by atoms with Crippen LogP contribution in [0.15, 0.2) is 47.3 Å². The van der Waals surface area contributed by atoms with Gasteiger partial charge in [-0.1, -0.05) is 18.2 Å². The lowest BCUT2D eigenvalue weighted by Crippen LogP contribution is -2.40. The molecule has 0 amide bonds. The van der Waals surface area contributed by atoms with Gasteiger partial charge in [0, 0.05) is 48.3 Å². The van der Waals surface area contributed by atoms with Crippen molar-refractivity contribution < 1.29 is 4.74 Å². The lowest BCUT2D eigenvalue weighted by molar-refractivity contribution is 0.0367. The highest BCUT2D eigenvalue weighted by Gasteiger charge is 2.16. The molecule has 0 atom stereocenters. The zero-order valence-electron chi connectivity index (χ0n) is 20.3. The average Bonchev–Trinajstić information content (AvgIpc) is 2.79. The molecule has 0 aliphatic carbocycles. The third-order valence-corrected chi connectivity index (χ3v) is 6.67. The third-order valence-electron chi connectivity index (χ3n) is 6.31. The molecule has 2 N–H and O–H groups in total. The topological polar surface area (TPSA) is 60.6 Å². The summed E-state index contributed by atoms with van der Waals surface area (Å²) in [4.78, 5) is 20.6. The summed E-state index contributed by atoms with van der Waals surface area (Å²) in [6.07, 6.45) is 0.958. The molecule has 180 valence electrons. The lowest BCUT2D eigenvalue weighted by atomic mass is 10.0. The number of pyridine rings is 1. The second-order valence-corrected chi connectivity index (χ2v) is 9.58. The number of aromatic nitrogens is 1. The Hall–Kier alpha value is -2.74. The summed E-state index contributed by atoms with van der Waals surface area (Å²) in [5.41, 5.74) is 5.97. The van der Waals surface area contributed by atoms with Gasteiger partial charge in [0.05, 0.1) is 19.8 Å². The first-order valence-corrected chi connectivity index (χ1v) is 12.4. The predicted octanol–water partition coefficient (Wildman–Crippen LogP) is 4.37. The second kappa shape index (κ2) is 11.1. The van der Waals surface area contributed by atoms with Crippen molar-refractivity contribution in [3.05, 3.63) is 75.1 Å². The number of ether oxygens (including phenoxy) is 1. The van der Waals surface area contributed by atoms with Crippen molar-refractivity contribution in [3.63, 3.8) is 0 Å². The zero-order chi connectivity index (χ0) is 24.1. The largest absolute Gasteiger partial charge is 0.379 e. The molecule has 2 heterocycles. The van der Waals surface area contributed by atoms with Crippen LogP contribution < -0.4 is 10.9 Å². The van der Waals surface area contributed by atoms with Gasteiger partial charge in [-0.05, 0) is 80.4 Å². The van der Waals surface area contributed by atoms with Crippen LogP contribution in [0.4, 0.5) is 5.69 Å². The number of morpholine rings is 1. The van der Waals surface area contributed by atoms with Crippen molar-refractivity contribution in [2.45, 2.75) is 33.7 Å². The summed E-state index contributed by atoms with van der Waals surface area (Å²) in [6, 6.07) is 14.4. The van der Waals surface area contributed by atoms with Crippen LogP contribution in [0.3, 0.4) is 0 Å². The van der Waals surface area contributed by atoms with Gasteiger partial charge >= 0.3 is 0 Å². The molecule has 0 bridgehead atoms. The number of hydrogen-bond donors (Lipinski definition) is 2. The summed E-state index contributed by atoms with van der Waals surface area (Å²) in [6.45, 7) is 11.9. The lowest BCUT2D eigenvalue weighted by Gasteiger charge is -2.29. The van der Waals surface area contributed by atoms with Crippen LogP contribution in [0.1, 0.15) is 28.7 Å². The quantitative estimate of drug-likeness (QED) is 0.492. The van der Waals surface area contributed by atoms with E-state index in [0.29, 0.717) is 11.7 Å². The van der Waals surface area contributed by atoms with Gasteiger partial charge in [-0.3, -0.25) is 9.69 Å². The third kappa shape index (κ3) is 6.23. The molecular formula is C27H34N4O2S. The average molecular weight is 479 g/mol. The molecule has 0 radical (unpaired) electrons. The Morgan fingerprint density at radius 1 is 1.12 bits per heavy atom. The molecule has 1 aromatic heterocycles. The monoisotopic (exact) mass is 478 g/mol. The maximum Gasteiger partial charge on any atom is 0.253 e. The molecule has 6 nitrogen and oxygen atoms in total. The number of nitrogens with zero attached hydrogens (tertiary/aromatic N) is 2. The van der Waals surface area contributed by atoms with Gasteiger partial charge in [0.2, 0.25) is 0 Å². The van der Waals surface area contributed by atoms with Gasteiger partial charge in [-0.2, -0.15) is 0 Å². The zero-order valence-corrected chi connectivity index (χ0v) is 21.1. The summed E-state index contributed by atoms with van der Waals surface area (Å²) in [5.74, 6) is 0. The molecule has 1 aliphatic rings. The number of H-pyrrole nitrogens is 1. The van der Waals surface area contributed by atoms with Gasteiger partial charge < -0.3 is 19.9 Å². The second-order valence-electron chi connectivity index (χ2n) is 9.20. The summed E-state index contributed by atoms with van der Waals surface area (Å²) >= 11 is 5.82. The van der Waals surface area contributed by atoms with Crippen LogP contribution in [0.5, 0.6) is 0 Å². The van der Waals surface area contributed by atoms with Gasteiger partial charge in [-0.15, -0.1) is 0 Å². The first kappa shape index (κ1) is 24.4. The molecule has 1 fully saturated rings. The van der Waals surface area contributed by atoms with Crippen molar-refractivity contribution in [3.8, 4) is 0 Å². The Kier molecular flexibility index (Phi) is 7.98. The highest BCUT2D eigenvalue weighted by atomic mass is 32.1. The molecule has 2 aromatic carbocycles. The Morgan fingerprint density at radius 3 is 2.68 bits per heavy atom. The maximum atomic E-state index is 13.0. The van der Waals surface area contributed by atoms with E-state index in [1.54, 1.807) is 0 Å². The fourth-order valence-corrected chi connectivity index (χ4v) is 4.80. The molecule has 0 unspecified atom stereocenters. The number of benzene rings is 2. The Bertz CT molecular complexity index is 1220. The van der Waals surface area contributed by atoms with E-state index >= 15 is 0 Å². The van der Waals surface area contributed by atoms with Crippen LogP contribution in [-0.2, 0) is 11.3 Å². The maximum absolute atomic E-state index is 13.0. The van der Waals surface area contributed by atoms with E-state index in [0.717, 1.165) is 79.1 Å². The Balaban J connectivity index is 1.54. The van der Waals surface area contributed by atoms with Crippen molar-refractivity contribution in [2.24, 2.45) is 0 Å². The van der Waals surface area contributed by atoms with Gasteiger partial charge in [0.1, 0.15) is 0 Å². The van der Waals surface area contributed by atoms with E-state index in [2.05, 4.69) is 52.1 Å². The van der Waals surface area contributed by atoms with Crippen molar-refractivity contribution in [1.82, 2.24) is 14.8 Å². The van der Waals surface area contributed by atoms with E-state index in [9.17, 15) is 4.79 Å². The fourth-order valence-electron chi connectivity index (χ4n) is 4.53. The van der Waals surface area contributed by atoms with Crippen molar-refractivity contribution in [1.29, 1.82) is 0 Å². The Morgan fingerprint density at radius 2 is 1.91 bits per heavy atom. The number of fused-ring (bicyclic) bond motifs is 1. The molecule has 3 aromatic rings. The highest BCUT2D eigenvalue weighted by molar-refractivity contribution is 7.80. The van der Waals surface area contributed by atoms with Crippen molar-refractivity contribution in [2.75, 3.05) is 44.7 Å². The van der Waals surface area contributed by atoms with E-state index in [4.69, 9.17) is 17.0 Å². The van der Waals surface area contributed by atoms with E-state index < -0.39 is 0 Å². The minimum Gasteiger partial charge on any atom is -0.379 e. The first-order chi connectivity index (χ1) is 16.4. The Labute approximate surface area is 206 Å². The molecule has 1 saturated heterocycles. The molecule has 4 rings (SSSR count). The number of hydrogen-bond acceptors (Lipinski definition) is 4. The highest BCUT2D eigenvalue weighted by Crippen LogP contribution is 2.19. The molecule has 1 aliphatic heterocycles. The number of aromatic amines is 1. The fraction of sp³-hybridized carbons (Fsp3) is 0.407. The molecule has 7 heteroatoms. The standard InChI is InChI=1S/C27H34N4O2S/c1-19-6-4-7-23(15-19)28-27(34)31(9-5-8-30-10-12-33-13-11-30)18-22-17-24-21(3)14-20(2)16-25(24)29-26(22)32/h4,6-7,14-17H,5,8-13,18H2,1-3H3,(H,28,34)(H,29,32). The van der Waals surface area contributed by atoms with Crippen LogP contribution >= 0.6 is 12.2 Å². The SMILES string of the molecule is Cc1cccc(NC(=S)N(CCCN2CCOCC2)Cc2cc3c(C)cc(C)cc3[nH]c2=O)c1. The molecule has 0 saturated carbocycles. The molecule has 0 spiro atoms. The number of nitrogens with one attached hydrogen (secondary N) is 2. The predicted molar refractivity (Wildman–Crippen MR) is 144 cm³/mol. The molecular weight excluding hydrogens is 444 g/mol. The smallest absolute Gasteiger partial charge is 0.253 e. The first-order valence-electron chi connectivity index (χ1n) is 11.9. The summed E-state index contributed by atoms with van der Waals surface area (Å²) < 4.78 is 5.46. The van der Waals surface area contributed by atoms with E-state index in [-0.39, 0.29) is 5.56 Å². The van der Waals surface area contributed by atoms with Crippen LogP contribution in [0, 0.1) is 20.8 Å². The van der Waals surface area contributed by atoms with Crippen molar-refractivity contribution >= 4 is 33.9 Å². The molecule has 34 heavy (non-hydrogen) atoms. The van der Waals surface area contributed by atoms with Crippen LogP contribution in [-0.4, -0.2) is 59.3 Å². The minimum atomic E-state index is -0.0611. The van der Waals surface area contributed by atoms with Gasteiger partial charge in [0.15, 0.2) is 5.11 Å². The van der Waals surface area contributed by atoms with E-state index in [1.807, 2.05) is 31.2 Å². The normalized spacial score (nSPS) is 14.3. The van der Waals surface area contributed by atoms with E-state index in [1.165, 1.54) is 5.56 Å². The number of aryl methyl sites for hydroxylation is 3. The van der Waals surface area contributed by atoms with Gasteiger partial charge in [-0.25, -0.2) is 0 Å². The summed E-state index contributed by atoms with van der Waals surface area (Å²) in [7, 11) is 0. The van der Waals surface area contributed by atoms with Crippen LogP contribution in [0.25, 0.3) is 10.9 Å². The number of anilines is 1. The van der Waals surface area contributed by atoms with Crippen LogP contribution in [0.2, 0.25) is 0 Å². The minimum absolute atomic E-state index is 0.0611. The number of thiocarbonyl (C=S) groups is 1. The van der Waals surface area contributed by atoms with Gasteiger partial charge in [0.25, 0.3) is 5.56 Å². The number of rotatable bonds is 7.